The molecule has 0 aliphatic rings. The predicted octanol–water partition coefficient (Wildman–Crippen LogP) is 2.19. The molecule has 0 saturated carbocycles. The van der Waals surface area contributed by atoms with Crippen LogP contribution in [0.2, 0.25) is 5.15 Å². The van der Waals surface area contributed by atoms with E-state index < -0.39 is 38.0 Å². The Bertz CT molecular complexity index is 593. The second-order valence-electron chi connectivity index (χ2n) is 4.37. The standard InChI is InChI=1S/C11H14ClF3N2O3S/c1-7(3-2-6-18)17-21(19,20)8-4-5-9(11(13,14)15)16-10(8)12/h4-5,7,17-18H,2-3,6H2,1H3/t7-/m0/s1. The van der Waals surface area contributed by atoms with Crippen molar-refractivity contribution in [3.8, 4) is 0 Å². The lowest BCUT2D eigenvalue weighted by Crippen LogP contribution is -2.33. The number of aliphatic hydroxyl groups is 1. The summed E-state index contributed by atoms with van der Waals surface area (Å²) in [5.74, 6) is 0. The summed E-state index contributed by atoms with van der Waals surface area (Å²) in [6, 6.07) is 0.818. The molecule has 0 radical (unpaired) electrons. The molecule has 0 unspecified atom stereocenters. The fourth-order valence-electron chi connectivity index (χ4n) is 1.56. The average molecular weight is 347 g/mol. The van der Waals surface area contributed by atoms with Crippen molar-refractivity contribution in [1.82, 2.24) is 9.71 Å². The van der Waals surface area contributed by atoms with E-state index >= 15 is 0 Å². The van der Waals surface area contributed by atoms with Crippen molar-refractivity contribution in [2.24, 2.45) is 0 Å². The molecular weight excluding hydrogens is 333 g/mol. The van der Waals surface area contributed by atoms with Crippen molar-refractivity contribution >= 4 is 21.6 Å². The number of rotatable bonds is 6. The summed E-state index contributed by atoms with van der Waals surface area (Å²) in [5, 5.41) is 7.92. The van der Waals surface area contributed by atoms with Crippen molar-refractivity contribution in [3.05, 3.63) is 23.0 Å². The number of hydrogen-bond donors (Lipinski definition) is 2. The first-order chi connectivity index (χ1) is 9.58. The smallest absolute Gasteiger partial charge is 0.396 e. The minimum Gasteiger partial charge on any atom is -0.396 e. The van der Waals surface area contributed by atoms with E-state index in [1.54, 1.807) is 6.92 Å². The monoisotopic (exact) mass is 346 g/mol. The SMILES string of the molecule is C[C@@H](CCCO)NS(=O)(=O)c1ccc(C(F)(F)F)nc1Cl. The van der Waals surface area contributed by atoms with Crippen molar-refractivity contribution in [2.75, 3.05) is 6.61 Å². The molecule has 21 heavy (non-hydrogen) atoms. The molecule has 0 aliphatic carbocycles. The summed E-state index contributed by atoms with van der Waals surface area (Å²) in [5.41, 5.74) is -1.26. The Balaban J connectivity index is 2.99. The molecule has 1 atom stereocenters. The Hall–Kier alpha value is -0.900. The summed E-state index contributed by atoms with van der Waals surface area (Å²) in [4.78, 5) is 2.54. The minimum absolute atomic E-state index is 0.0886. The maximum absolute atomic E-state index is 12.4. The Morgan fingerprint density at radius 2 is 2.05 bits per heavy atom. The highest BCUT2D eigenvalue weighted by Crippen LogP contribution is 2.30. The van der Waals surface area contributed by atoms with Gasteiger partial charge in [-0.2, -0.15) is 13.2 Å². The van der Waals surface area contributed by atoms with Crippen LogP contribution in [-0.2, 0) is 16.2 Å². The van der Waals surface area contributed by atoms with Crippen molar-refractivity contribution in [1.29, 1.82) is 0 Å². The maximum atomic E-state index is 12.4. The second-order valence-corrected chi connectivity index (χ2v) is 6.41. The predicted molar refractivity (Wildman–Crippen MR) is 70.4 cm³/mol. The number of halogens is 4. The first kappa shape index (κ1) is 18.1. The topological polar surface area (TPSA) is 79.3 Å². The molecule has 120 valence electrons. The summed E-state index contributed by atoms with van der Waals surface area (Å²) < 4.78 is 63.6. The van der Waals surface area contributed by atoms with E-state index in [9.17, 15) is 21.6 Å². The van der Waals surface area contributed by atoms with Gasteiger partial charge in [-0.05, 0) is 31.9 Å². The van der Waals surface area contributed by atoms with Gasteiger partial charge < -0.3 is 5.11 Å². The minimum atomic E-state index is -4.70. The van der Waals surface area contributed by atoms with E-state index in [0.29, 0.717) is 18.9 Å². The highest BCUT2D eigenvalue weighted by atomic mass is 35.5. The van der Waals surface area contributed by atoms with E-state index in [1.165, 1.54) is 0 Å². The van der Waals surface area contributed by atoms with Crippen LogP contribution >= 0.6 is 11.6 Å². The van der Waals surface area contributed by atoms with Crippen LogP contribution < -0.4 is 4.72 Å². The van der Waals surface area contributed by atoms with Gasteiger partial charge in [0.2, 0.25) is 10.0 Å². The Morgan fingerprint density at radius 3 is 2.52 bits per heavy atom. The van der Waals surface area contributed by atoms with E-state index in [4.69, 9.17) is 16.7 Å². The highest BCUT2D eigenvalue weighted by molar-refractivity contribution is 7.89. The van der Waals surface area contributed by atoms with Gasteiger partial charge in [-0.25, -0.2) is 18.1 Å². The fraction of sp³-hybridized carbons (Fsp3) is 0.545. The molecule has 0 amide bonds. The van der Waals surface area contributed by atoms with Crippen molar-refractivity contribution in [2.45, 2.75) is 36.9 Å². The third-order valence-electron chi connectivity index (χ3n) is 2.55. The summed E-state index contributed by atoms with van der Waals surface area (Å²) in [6.07, 6.45) is -3.93. The zero-order valence-electron chi connectivity index (χ0n) is 11.0. The second kappa shape index (κ2) is 6.91. The lowest BCUT2D eigenvalue weighted by atomic mass is 10.2. The van der Waals surface area contributed by atoms with Crippen molar-refractivity contribution in [3.63, 3.8) is 0 Å². The van der Waals surface area contributed by atoms with E-state index in [-0.39, 0.29) is 6.61 Å². The fourth-order valence-corrected chi connectivity index (χ4v) is 3.31. The van der Waals surface area contributed by atoms with Crippen LogP contribution in [0, 0.1) is 0 Å². The molecule has 0 aromatic carbocycles. The quantitative estimate of drug-likeness (QED) is 0.774. The summed E-state index contributed by atoms with van der Waals surface area (Å²) in [6.45, 7) is 1.48. The third kappa shape index (κ3) is 5.10. The number of sulfonamides is 1. The molecule has 1 aromatic rings. The van der Waals surface area contributed by atoms with Gasteiger partial charge in [0, 0.05) is 12.6 Å². The zero-order valence-corrected chi connectivity index (χ0v) is 12.6. The molecule has 0 bridgehead atoms. The number of aliphatic hydroxyl groups excluding tert-OH is 1. The Kier molecular flexibility index (Phi) is 5.97. The third-order valence-corrected chi connectivity index (χ3v) is 4.57. The molecular formula is C11H14ClF3N2O3S. The van der Waals surface area contributed by atoms with Crippen molar-refractivity contribution < 1.29 is 26.7 Å². The van der Waals surface area contributed by atoms with E-state index in [1.807, 2.05) is 0 Å². The lowest BCUT2D eigenvalue weighted by Gasteiger charge is -2.15. The van der Waals surface area contributed by atoms with Crippen LogP contribution in [0.3, 0.4) is 0 Å². The van der Waals surface area contributed by atoms with Gasteiger partial charge in [0.1, 0.15) is 15.7 Å². The molecule has 0 fully saturated rings. The van der Waals surface area contributed by atoms with Gasteiger partial charge in [-0.15, -0.1) is 0 Å². The average Bonchev–Trinajstić information content (AvgIpc) is 2.34. The van der Waals surface area contributed by atoms with E-state index in [2.05, 4.69) is 9.71 Å². The van der Waals surface area contributed by atoms with Crippen LogP contribution in [0.1, 0.15) is 25.5 Å². The molecule has 10 heteroatoms. The van der Waals surface area contributed by atoms with Gasteiger partial charge >= 0.3 is 6.18 Å². The van der Waals surface area contributed by atoms with Crippen LogP contribution in [-0.4, -0.2) is 31.2 Å². The normalized spacial score (nSPS) is 14.2. The zero-order chi connectivity index (χ0) is 16.3. The number of nitrogens with one attached hydrogen (secondary N) is 1. The van der Waals surface area contributed by atoms with Crippen LogP contribution in [0.4, 0.5) is 13.2 Å². The molecule has 2 N–H and O–H groups in total. The van der Waals surface area contributed by atoms with Crippen LogP contribution in [0.5, 0.6) is 0 Å². The van der Waals surface area contributed by atoms with Gasteiger partial charge in [0.25, 0.3) is 0 Å². The number of pyridine rings is 1. The van der Waals surface area contributed by atoms with Crippen LogP contribution in [0.15, 0.2) is 17.0 Å². The number of aromatic nitrogens is 1. The molecule has 1 heterocycles. The first-order valence-electron chi connectivity index (χ1n) is 5.95. The molecule has 0 spiro atoms. The number of alkyl halides is 3. The van der Waals surface area contributed by atoms with Crippen LogP contribution in [0.25, 0.3) is 0 Å². The summed E-state index contributed by atoms with van der Waals surface area (Å²) >= 11 is 5.54. The molecule has 0 aliphatic heterocycles. The summed E-state index contributed by atoms with van der Waals surface area (Å²) in [7, 11) is -4.08. The van der Waals surface area contributed by atoms with Gasteiger partial charge in [0.05, 0.1) is 0 Å². The lowest BCUT2D eigenvalue weighted by molar-refractivity contribution is -0.141. The Labute approximate surface area is 125 Å². The van der Waals surface area contributed by atoms with Gasteiger partial charge in [0.15, 0.2) is 0 Å². The molecule has 0 saturated heterocycles. The number of hydrogen-bond acceptors (Lipinski definition) is 4. The van der Waals surface area contributed by atoms with E-state index in [0.717, 1.165) is 6.07 Å². The van der Waals surface area contributed by atoms with Gasteiger partial charge in [-0.3, -0.25) is 0 Å². The molecule has 5 nitrogen and oxygen atoms in total. The molecule has 1 rings (SSSR count). The highest BCUT2D eigenvalue weighted by Gasteiger charge is 2.34. The van der Waals surface area contributed by atoms with Gasteiger partial charge in [-0.1, -0.05) is 11.6 Å². The molecule has 1 aromatic heterocycles. The first-order valence-corrected chi connectivity index (χ1v) is 7.81. The maximum Gasteiger partial charge on any atom is 0.433 e. The Morgan fingerprint density at radius 1 is 1.43 bits per heavy atom. The largest absolute Gasteiger partial charge is 0.433 e. The number of nitrogens with zero attached hydrogens (tertiary/aromatic N) is 1.